The lowest BCUT2D eigenvalue weighted by atomic mass is 9.89. The molecule has 16 heavy (non-hydrogen) atoms. The maximum atomic E-state index is 11.5. The summed E-state index contributed by atoms with van der Waals surface area (Å²) in [4.78, 5) is -1.62. The van der Waals surface area contributed by atoms with Crippen LogP contribution in [0.15, 0.2) is 23.8 Å². The van der Waals surface area contributed by atoms with Crippen LogP contribution in [0.1, 0.15) is 26.7 Å². The first kappa shape index (κ1) is 13.4. The van der Waals surface area contributed by atoms with Gasteiger partial charge in [0.15, 0.2) is 0 Å². The number of allylic oxidation sites excluding steroid dienone is 2. The van der Waals surface area contributed by atoms with Crippen LogP contribution in [-0.2, 0) is 14.9 Å². The summed E-state index contributed by atoms with van der Waals surface area (Å²) in [7, 11) is -2.99. The third-order valence-corrected chi connectivity index (χ3v) is 4.29. The Labute approximate surface area is 96.7 Å². The summed E-state index contributed by atoms with van der Waals surface area (Å²) in [5.74, 6) is -0.345. The molecule has 0 saturated heterocycles. The number of hydrogen-bond donors (Lipinski definition) is 1. The minimum Gasteiger partial charge on any atom is -0.356 e. The van der Waals surface area contributed by atoms with Crippen molar-refractivity contribution in [3.63, 3.8) is 0 Å². The van der Waals surface area contributed by atoms with Crippen molar-refractivity contribution in [2.75, 3.05) is 7.11 Å². The highest BCUT2D eigenvalue weighted by Crippen LogP contribution is 2.37. The molecule has 4 nitrogen and oxygen atoms in total. The third-order valence-electron chi connectivity index (χ3n) is 2.88. The fourth-order valence-electron chi connectivity index (χ4n) is 2.06. The summed E-state index contributed by atoms with van der Waals surface area (Å²) in [6, 6.07) is 0. The molecule has 0 saturated carbocycles. The van der Waals surface area contributed by atoms with E-state index < -0.39 is 15.1 Å². The van der Waals surface area contributed by atoms with Gasteiger partial charge in [-0.05, 0) is 19.4 Å². The monoisotopic (exact) mass is 246 g/mol. The summed E-state index contributed by atoms with van der Waals surface area (Å²) in [5, 5.41) is 0. The van der Waals surface area contributed by atoms with Crippen LogP contribution in [0.5, 0.6) is 0 Å². The molecule has 0 heterocycles. The fourth-order valence-corrected chi connectivity index (χ4v) is 3.08. The van der Waals surface area contributed by atoms with Gasteiger partial charge in [0.05, 0.1) is 0 Å². The molecule has 0 spiro atoms. The Morgan fingerprint density at radius 3 is 2.62 bits per heavy atom. The zero-order valence-electron chi connectivity index (χ0n) is 9.80. The van der Waals surface area contributed by atoms with Crippen molar-refractivity contribution in [3.05, 3.63) is 23.8 Å². The number of ether oxygens (including phenoxy) is 1. The molecule has 2 unspecified atom stereocenters. The van der Waals surface area contributed by atoms with Crippen LogP contribution in [0, 0.1) is 5.92 Å². The predicted octanol–water partition coefficient (Wildman–Crippen LogP) is 2.15. The van der Waals surface area contributed by atoms with Gasteiger partial charge in [-0.25, -0.2) is 0 Å². The molecule has 5 heteroatoms. The van der Waals surface area contributed by atoms with Crippen molar-refractivity contribution >= 4 is 10.1 Å². The van der Waals surface area contributed by atoms with Crippen LogP contribution < -0.4 is 0 Å². The van der Waals surface area contributed by atoms with Crippen LogP contribution in [0.25, 0.3) is 0 Å². The summed E-state index contributed by atoms with van der Waals surface area (Å²) in [6.45, 7) is 3.86. The van der Waals surface area contributed by atoms with Crippen molar-refractivity contribution in [2.24, 2.45) is 5.92 Å². The fraction of sp³-hybridized carbons (Fsp3) is 0.636. The van der Waals surface area contributed by atoms with E-state index in [0.29, 0.717) is 6.42 Å². The van der Waals surface area contributed by atoms with Gasteiger partial charge in [-0.3, -0.25) is 4.55 Å². The highest BCUT2D eigenvalue weighted by Gasteiger charge is 2.48. The van der Waals surface area contributed by atoms with E-state index >= 15 is 0 Å². The lowest BCUT2D eigenvalue weighted by Gasteiger charge is -2.35. The molecule has 1 aliphatic rings. The van der Waals surface area contributed by atoms with E-state index in [1.54, 1.807) is 6.08 Å². The SMILES string of the molecule is CCCC1C=C(C)C=CC1(OC)S(=O)(=O)O. The van der Waals surface area contributed by atoms with Crippen LogP contribution in [0.3, 0.4) is 0 Å². The van der Waals surface area contributed by atoms with Gasteiger partial charge in [0.2, 0.25) is 4.93 Å². The Bertz CT molecular complexity index is 408. The molecule has 2 atom stereocenters. The van der Waals surface area contributed by atoms with Crippen LogP contribution in [0.4, 0.5) is 0 Å². The molecular weight excluding hydrogens is 228 g/mol. The van der Waals surface area contributed by atoms with Crippen LogP contribution in [0.2, 0.25) is 0 Å². The first-order chi connectivity index (χ1) is 7.37. The van der Waals surface area contributed by atoms with E-state index in [1.807, 2.05) is 19.9 Å². The van der Waals surface area contributed by atoms with Gasteiger partial charge in [0.25, 0.3) is 10.1 Å². The van der Waals surface area contributed by atoms with E-state index in [2.05, 4.69) is 0 Å². The molecule has 0 fully saturated rings. The molecule has 92 valence electrons. The Hall–Kier alpha value is -0.650. The van der Waals surface area contributed by atoms with E-state index in [9.17, 15) is 13.0 Å². The second kappa shape index (κ2) is 4.69. The smallest absolute Gasteiger partial charge is 0.299 e. The topological polar surface area (TPSA) is 63.6 Å². The molecule has 1 rings (SSSR count). The largest absolute Gasteiger partial charge is 0.356 e. The predicted molar refractivity (Wildman–Crippen MR) is 62.6 cm³/mol. The third kappa shape index (κ3) is 2.21. The van der Waals surface area contributed by atoms with Gasteiger partial charge >= 0.3 is 0 Å². The molecule has 0 aromatic carbocycles. The maximum absolute atomic E-state index is 11.5. The highest BCUT2D eigenvalue weighted by atomic mass is 32.2. The number of rotatable bonds is 4. The first-order valence-corrected chi connectivity index (χ1v) is 6.71. The summed E-state index contributed by atoms with van der Waals surface area (Å²) < 4.78 is 37.4. The molecule has 1 N–H and O–H groups in total. The molecular formula is C11H18O4S. The van der Waals surface area contributed by atoms with Gasteiger partial charge in [-0.2, -0.15) is 8.42 Å². The van der Waals surface area contributed by atoms with Crippen molar-refractivity contribution in [1.29, 1.82) is 0 Å². The lowest BCUT2D eigenvalue weighted by Crippen LogP contribution is -2.46. The van der Waals surface area contributed by atoms with Gasteiger partial charge in [-0.1, -0.05) is 31.1 Å². The Morgan fingerprint density at radius 1 is 1.56 bits per heavy atom. The molecule has 0 aromatic heterocycles. The standard InChI is InChI=1S/C11H18O4S/c1-4-5-10-8-9(2)6-7-11(10,15-3)16(12,13)14/h6-8,10H,4-5H2,1-3H3,(H,12,13,14). The van der Waals surface area contributed by atoms with Crippen molar-refractivity contribution in [1.82, 2.24) is 0 Å². The Morgan fingerprint density at radius 2 is 2.19 bits per heavy atom. The number of hydrogen-bond acceptors (Lipinski definition) is 3. The Balaban J connectivity index is 3.23. The highest BCUT2D eigenvalue weighted by molar-refractivity contribution is 7.87. The second-order valence-corrected chi connectivity index (χ2v) is 5.63. The van der Waals surface area contributed by atoms with Crippen LogP contribution in [-0.4, -0.2) is 25.0 Å². The van der Waals surface area contributed by atoms with Gasteiger partial charge in [-0.15, -0.1) is 0 Å². The first-order valence-electron chi connectivity index (χ1n) is 5.27. The average Bonchev–Trinajstić information content (AvgIpc) is 2.17. The Kier molecular flexibility index (Phi) is 3.93. The molecule has 0 radical (unpaired) electrons. The van der Waals surface area contributed by atoms with Gasteiger partial charge in [0.1, 0.15) is 0 Å². The van der Waals surface area contributed by atoms with E-state index in [0.717, 1.165) is 12.0 Å². The maximum Gasteiger partial charge on any atom is 0.299 e. The molecule has 0 bridgehead atoms. The van der Waals surface area contributed by atoms with E-state index in [4.69, 9.17) is 4.74 Å². The van der Waals surface area contributed by atoms with Gasteiger partial charge in [0, 0.05) is 13.0 Å². The zero-order valence-corrected chi connectivity index (χ0v) is 10.6. The minimum absolute atomic E-state index is 0.345. The normalized spacial score (nSPS) is 30.2. The molecule has 0 aromatic rings. The average molecular weight is 246 g/mol. The van der Waals surface area contributed by atoms with Crippen molar-refractivity contribution in [2.45, 2.75) is 31.6 Å². The summed E-state index contributed by atoms with van der Waals surface area (Å²) >= 11 is 0. The van der Waals surface area contributed by atoms with E-state index in [1.165, 1.54) is 13.2 Å². The minimum atomic E-state index is -4.29. The van der Waals surface area contributed by atoms with E-state index in [-0.39, 0.29) is 5.92 Å². The van der Waals surface area contributed by atoms with Gasteiger partial charge < -0.3 is 4.74 Å². The summed E-state index contributed by atoms with van der Waals surface area (Å²) in [6.07, 6.45) is 6.39. The van der Waals surface area contributed by atoms with Crippen LogP contribution >= 0.6 is 0 Å². The molecule has 1 aliphatic carbocycles. The number of methoxy groups -OCH3 is 1. The molecule has 0 aliphatic heterocycles. The van der Waals surface area contributed by atoms with Crippen molar-refractivity contribution in [3.8, 4) is 0 Å². The van der Waals surface area contributed by atoms with Crippen molar-refractivity contribution < 1.29 is 17.7 Å². The lowest BCUT2D eigenvalue weighted by molar-refractivity contribution is 0.0544. The zero-order chi connectivity index (χ0) is 12.4. The second-order valence-electron chi connectivity index (χ2n) is 4.04. The summed E-state index contributed by atoms with van der Waals surface area (Å²) in [5.41, 5.74) is 0.981. The molecule has 0 amide bonds. The quantitative estimate of drug-likeness (QED) is 0.772.